The zero-order chi connectivity index (χ0) is 15.9. The summed E-state index contributed by atoms with van der Waals surface area (Å²) in [5.74, 6) is 0.0363. The number of carbonyl (C=O) groups is 1. The van der Waals surface area contributed by atoms with Gasteiger partial charge in [0.2, 0.25) is 5.91 Å². The molecule has 2 atom stereocenters. The van der Waals surface area contributed by atoms with Gasteiger partial charge in [-0.3, -0.25) is 10.1 Å². The maximum Gasteiger partial charge on any atom is 0.236 e. The first-order valence-electron chi connectivity index (χ1n) is 7.81. The lowest BCUT2D eigenvalue weighted by atomic mass is 10.0. The molecule has 0 unspecified atom stereocenters. The van der Waals surface area contributed by atoms with Crippen molar-refractivity contribution in [2.24, 2.45) is 0 Å². The molecule has 4 heteroatoms. The number of carbonyl (C=O) groups excluding carboxylic acids is 1. The van der Waals surface area contributed by atoms with Gasteiger partial charge in [-0.2, -0.15) is 0 Å². The van der Waals surface area contributed by atoms with Gasteiger partial charge < -0.3 is 5.32 Å². The molecule has 1 heterocycles. The molecule has 1 aromatic carbocycles. The Morgan fingerprint density at radius 1 is 1.18 bits per heavy atom. The smallest absolute Gasteiger partial charge is 0.236 e. The molecule has 0 bridgehead atoms. The van der Waals surface area contributed by atoms with Crippen LogP contribution in [0.4, 0.5) is 0 Å². The van der Waals surface area contributed by atoms with Crippen molar-refractivity contribution in [2.75, 3.05) is 6.54 Å². The third-order valence-corrected chi connectivity index (χ3v) is 4.65. The molecule has 22 heavy (non-hydrogen) atoms. The molecule has 0 saturated heterocycles. The Bertz CT molecular complexity index is 578. The number of aryl methyl sites for hydroxylation is 1. The van der Waals surface area contributed by atoms with E-state index in [0.717, 1.165) is 6.42 Å². The van der Waals surface area contributed by atoms with Crippen molar-refractivity contribution in [3.05, 3.63) is 57.8 Å². The summed E-state index contributed by atoms with van der Waals surface area (Å²) in [5, 5.41) is 8.39. The lowest BCUT2D eigenvalue weighted by Gasteiger charge is -2.22. The molecule has 0 spiro atoms. The van der Waals surface area contributed by atoms with Crippen molar-refractivity contribution < 1.29 is 4.79 Å². The van der Waals surface area contributed by atoms with Gasteiger partial charge in [0.25, 0.3) is 0 Å². The fourth-order valence-corrected chi connectivity index (χ4v) is 3.21. The predicted octanol–water partition coefficient (Wildman–Crippen LogP) is 3.51. The number of rotatable bonds is 7. The molecule has 0 fully saturated rings. The molecular weight excluding hydrogens is 292 g/mol. The Hall–Kier alpha value is -1.65. The molecule has 118 valence electrons. The van der Waals surface area contributed by atoms with Crippen molar-refractivity contribution in [3.63, 3.8) is 0 Å². The van der Waals surface area contributed by atoms with E-state index in [1.165, 1.54) is 16.0 Å². The van der Waals surface area contributed by atoms with Crippen LogP contribution in [0, 0.1) is 0 Å². The third-order valence-electron chi connectivity index (χ3n) is 3.71. The zero-order valence-electron chi connectivity index (χ0n) is 13.4. The molecular formula is C18H24N2OS. The van der Waals surface area contributed by atoms with E-state index < -0.39 is 0 Å². The fraction of sp³-hybridized carbons (Fsp3) is 0.389. The summed E-state index contributed by atoms with van der Waals surface area (Å²) in [7, 11) is 0. The molecule has 2 N–H and O–H groups in total. The second-order valence-electron chi connectivity index (χ2n) is 5.33. The van der Waals surface area contributed by atoms with Crippen LogP contribution in [0.2, 0.25) is 0 Å². The van der Waals surface area contributed by atoms with Gasteiger partial charge in [-0.05, 0) is 42.8 Å². The molecule has 1 amide bonds. The van der Waals surface area contributed by atoms with Gasteiger partial charge in [-0.15, -0.1) is 11.3 Å². The van der Waals surface area contributed by atoms with E-state index >= 15 is 0 Å². The van der Waals surface area contributed by atoms with Gasteiger partial charge in [0, 0.05) is 11.4 Å². The minimum Gasteiger partial charge on any atom is -0.355 e. The summed E-state index contributed by atoms with van der Waals surface area (Å²) >= 11 is 1.71. The second-order valence-corrected chi connectivity index (χ2v) is 6.31. The van der Waals surface area contributed by atoms with E-state index in [-0.39, 0.29) is 18.0 Å². The average Bonchev–Trinajstić information content (AvgIpc) is 3.07. The Balaban J connectivity index is 2.21. The lowest BCUT2D eigenvalue weighted by molar-refractivity contribution is -0.122. The van der Waals surface area contributed by atoms with Crippen LogP contribution in [0.25, 0.3) is 0 Å². The minimum atomic E-state index is -0.238. The maximum absolute atomic E-state index is 12.0. The Labute approximate surface area is 136 Å². The Morgan fingerprint density at radius 2 is 1.91 bits per heavy atom. The summed E-state index contributed by atoms with van der Waals surface area (Å²) in [6.07, 6.45) is 1.03. The summed E-state index contributed by atoms with van der Waals surface area (Å²) < 4.78 is 0. The molecule has 0 aliphatic heterocycles. The molecule has 0 radical (unpaired) electrons. The van der Waals surface area contributed by atoms with Crippen molar-refractivity contribution in [1.29, 1.82) is 0 Å². The average molecular weight is 316 g/mol. The van der Waals surface area contributed by atoms with Crippen LogP contribution in [-0.4, -0.2) is 18.5 Å². The van der Waals surface area contributed by atoms with Crippen LogP contribution in [0.3, 0.4) is 0 Å². The Kier molecular flexibility index (Phi) is 6.16. The number of nitrogens with one attached hydrogen (secondary N) is 2. The molecule has 0 saturated carbocycles. The van der Waals surface area contributed by atoms with Gasteiger partial charge >= 0.3 is 0 Å². The topological polar surface area (TPSA) is 41.1 Å². The number of benzene rings is 1. The SMILES string of the molecule is CCNC(=O)[C@H](C)N[C@@H](c1ccc(CC)cc1)c1cccs1. The summed E-state index contributed by atoms with van der Waals surface area (Å²) in [6.45, 7) is 6.65. The number of thiophene rings is 1. The summed E-state index contributed by atoms with van der Waals surface area (Å²) in [4.78, 5) is 13.2. The van der Waals surface area contributed by atoms with Crippen molar-refractivity contribution in [3.8, 4) is 0 Å². The molecule has 3 nitrogen and oxygen atoms in total. The van der Waals surface area contributed by atoms with Gasteiger partial charge in [0.1, 0.15) is 0 Å². The van der Waals surface area contributed by atoms with E-state index in [0.29, 0.717) is 6.54 Å². The molecule has 0 aliphatic rings. The predicted molar refractivity (Wildman–Crippen MR) is 93.3 cm³/mol. The van der Waals surface area contributed by atoms with E-state index in [2.05, 4.69) is 53.3 Å². The third kappa shape index (κ3) is 4.18. The largest absolute Gasteiger partial charge is 0.355 e. The van der Waals surface area contributed by atoms with Crippen molar-refractivity contribution >= 4 is 17.2 Å². The standard InChI is InChI=1S/C18H24N2OS/c1-4-14-8-10-15(11-9-14)17(16-7-6-12-22-16)20-13(3)18(21)19-5-2/h6-13,17,20H,4-5H2,1-3H3,(H,19,21)/t13-,17-/m0/s1. The highest BCUT2D eigenvalue weighted by atomic mass is 32.1. The highest BCUT2D eigenvalue weighted by Gasteiger charge is 2.21. The van der Waals surface area contributed by atoms with Gasteiger partial charge in [-0.1, -0.05) is 37.3 Å². The number of amides is 1. The van der Waals surface area contributed by atoms with E-state index in [9.17, 15) is 4.79 Å². The van der Waals surface area contributed by atoms with E-state index in [4.69, 9.17) is 0 Å². The normalized spacial score (nSPS) is 13.6. The maximum atomic E-state index is 12.0. The van der Waals surface area contributed by atoms with Crippen LogP contribution in [0.5, 0.6) is 0 Å². The highest BCUT2D eigenvalue weighted by Crippen LogP contribution is 2.27. The number of hydrogen-bond donors (Lipinski definition) is 2. The van der Waals surface area contributed by atoms with E-state index in [1.54, 1.807) is 11.3 Å². The van der Waals surface area contributed by atoms with Crippen LogP contribution in [0.1, 0.15) is 42.8 Å². The van der Waals surface area contributed by atoms with Crippen LogP contribution in [0.15, 0.2) is 41.8 Å². The number of hydrogen-bond acceptors (Lipinski definition) is 3. The van der Waals surface area contributed by atoms with Crippen LogP contribution >= 0.6 is 11.3 Å². The Morgan fingerprint density at radius 3 is 2.45 bits per heavy atom. The second kappa shape index (κ2) is 8.11. The van der Waals surface area contributed by atoms with Crippen LogP contribution < -0.4 is 10.6 Å². The molecule has 0 aliphatic carbocycles. The van der Waals surface area contributed by atoms with Gasteiger partial charge in [0.15, 0.2) is 0 Å². The first-order chi connectivity index (χ1) is 10.7. The van der Waals surface area contributed by atoms with E-state index in [1.807, 2.05) is 19.9 Å². The quantitative estimate of drug-likeness (QED) is 0.820. The van der Waals surface area contributed by atoms with Crippen molar-refractivity contribution in [1.82, 2.24) is 10.6 Å². The highest BCUT2D eigenvalue weighted by molar-refractivity contribution is 7.10. The van der Waals surface area contributed by atoms with Gasteiger partial charge in [0.05, 0.1) is 12.1 Å². The van der Waals surface area contributed by atoms with Crippen LogP contribution in [-0.2, 0) is 11.2 Å². The minimum absolute atomic E-state index is 0.0363. The first kappa shape index (κ1) is 16.7. The summed E-state index contributed by atoms with van der Waals surface area (Å²) in [6, 6.07) is 12.6. The monoisotopic (exact) mass is 316 g/mol. The zero-order valence-corrected chi connectivity index (χ0v) is 14.2. The fourth-order valence-electron chi connectivity index (χ4n) is 2.40. The first-order valence-corrected chi connectivity index (χ1v) is 8.69. The van der Waals surface area contributed by atoms with Gasteiger partial charge in [-0.25, -0.2) is 0 Å². The lowest BCUT2D eigenvalue weighted by Crippen LogP contribution is -2.43. The molecule has 1 aromatic heterocycles. The molecule has 2 aromatic rings. The molecule has 2 rings (SSSR count). The summed E-state index contributed by atoms with van der Waals surface area (Å²) in [5.41, 5.74) is 2.52. The number of likely N-dealkylation sites (N-methyl/N-ethyl adjacent to an activating group) is 1. The van der Waals surface area contributed by atoms with Crippen molar-refractivity contribution in [2.45, 2.75) is 39.3 Å².